The smallest absolute Gasteiger partial charge is 0.127 e. The van der Waals surface area contributed by atoms with Gasteiger partial charge in [-0.25, -0.2) is 4.39 Å². The fourth-order valence-electron chi connectivity index (χ4n) is 2.34. The van der Waals surface area contributed by atoms with Crippen molar-refractivity contribution < 1.29 is 4.39 Å². The van der Waals surface area contributed by atoms with Crippen molar-refractivity contribution >= 4 is 22.5 Å². The first-order valence-electron chi connectivity index (χ1n) is 6.69. The average molecular weight is 301 g/mol. The van der Waals surface area contributed by atoms with Gasteiger partial charge < -0.3 is 5.73 Å². The first kappa shape index (κ1) is 14.0. The number of nitrogens with zero attached hydrogens (tertiary/aromatic N) is 1. The third-order valence-corrected chi connectivity index (χ3v) is 3.84. The average Bonchev–Trinajstić information content (AvgIpc) is 2.50. The van der Waals surface area contributed by atoms with E-state index in [-0.39, 0.29) is 5.82 Å². The number of halogens is 2. The van der Waals surface area contributed by atoms with Gasteiger partial charge in [0, 0.05) is 16.0 Å². The molecule has 0 saturated carbocycles. The first-order chi connectivity index (χ1) is 10.1. The lowest BCUT2D eigenvalue weighted by atomic mass is 10.0. The molecule has 0 aliphatic carbocycles. The van der Waals surface area contributed by atoms with Gasteiger partial charge in [0.25, 0.3) is 0 Å². The van der Waals surface area contributed by atoms with Crippen molar-refractivity contribution in [3.8, 4) is 0 Å². The van der Waals surface area contributed by atoms with Crippen LogP contribution in [0.25, 0.3) is 10.9 Å². The van der Waals surface area contributed by atoms with Gasteiger partial charge in [0.15, 0.2) is 0 Å². The summed E-state index contributed by atoms with van der Waals surface area (Å²) in [5.41, 5.74) is 8.21. The van der Waals surface area contributed by atoms with Crippen LogP contribution < -0.4 is 5.73 Å². The van der Waals surface area contributed by atoms with Crippen LogP contribution in [0, 0.1) is 5.82 Å². The van der Waals surface area contributed by atoms with E-state index < -0.39 is 6.04 Å². The van der Waals surface area contributed by atoms with Crippen molar-refractivity contribution in [3.05, 3.63) is 76.7 Å². The van der Waals surface area contributed by atoms with Gasteiger partial charge in [-0.1, -0.05) is 41.9 Å². The zero-order valence-corrected chi connectivity index (χ0v) is 12.0. The van der Waals surface area contributed by atoms with Crippen LogP contribution in [0.15, 0.2) is 54.6 Å². The second kappa shape index (κ2) is 5.80. The summed E-state index contributed by atoms with van der Waals surface area (Å²) in [6, 6.07) is 15.9. The van der Waals surface area contributed by atoms with Crippen LogP contribution in [0.3, 0.4) is 0 Å². The van der Waals surface area contributed by atoms with Gasteiger partial charge in [-0.3, -0.25) is 4.98 Å². The monoisotopic (exact) mass is 300 g/mol. The molecule has 4 heteroatoms. The standard InChI is InChI=1S/C17H14ClFN2/c18-13-5-3-6-14(19)12(13)10-15(20)17-9-8-11-4-1-2-7-16(11)21-17/h1-9,15H,10,20H2. The molecule has 1 heterocycles. The Kier molecular flexibility index (Phi) is 3.86. The number of fused-ring (bicyclic) bond motifs is 1. The number of pyridine rings is 1. The second-order valence-corrected chi connectivity index (χ2v) is 5.35. The molecule has 1 atom stereocenters. The molecular formula is C17H14ClFN2. The Labute approximate surface area is 127 Å². The molecule has 0 aliphatic heterocycles. The Bertz CT molecular complexity index is 768. The van der Waals surface area contributed by atoms with E-state index in [0.29, 0.717) is 17.0 Å². The summed E-state index contributed by atoms with van der Waals surface area (Å²) >= 11 is 6.04. The third kappa shape index (κ3) is 2.89. The summed E-state index contributed by atoms with van der Waals surface area (Å²) in [7, 11) is 0. The van der Waals surface area contributed by atoms with Crippen molar-refractivity contribution in [2.75, 3.05) is 0 Å². The van der Waals surface area contributed by atoms with E-state index in [4.69, 9.17) is 17.3 Å². The van der Waals surface area contributed by atoms with Gasteiger partial charge in [0.2, 0.25) is 0 Å². The maximum atomic E-state index is 13.8. The van der Waals surface area contributed by atoms with Crippen LogP contribution in [-0.4, -0.2) is 4.98 Å². The summed E-state index contributed by atoms with van der Waals surface area (Å²) in [6.45, 7) is 0. The highest BCUT2D eigenvalue weighted by molar-refractivity contribution is 6.31. The molecule has 1 unspecified atom stereocenters. The molecule has 2 N–H and O–H groups in total. The number of aromatic nitrogens is 1. The Morgan fingerprint density at radius 3 is 2.67 bits per heavy atom. The highest BCUT2D eigenvalue weighted by Crippen LogP contribution is 2.24. The lowest BCUT2D eigenvalue weighted by Crippen LogP contribution is -2.16. The minimum Gasteiger partial charge on any atom is -0.322 e. The highest BCUT2D eigenvalue weighted by atomic mass is 35.5. The quantitative estimate of drug-likeness (QED) is 0.784. The van der Waals surface area contributed by atoms with E-state index in [2.05, 4.69) is 4.98 Å². The fourth-order valence-corrected chi connectivity index (χ4v) is 2.58. The van der Waals surface area contributed by atoms with Gasteiger partial charge in [-0.05, 0) is 30.7 Å². The summed E-state index contributed by atoms with van der Waals surface area (Å²) in [5, 5.41) is 1.45. The lowest BCUT2D eigenvalue weighted by molar-refractivity contribution is 0.590. The molecule has 0 saturated heterocycles. The Morgan fingerprint density at radius 2 is 1.86 bits per heavy atom. The molecule has 0 fully saturated rings. The van der Waals surface area contributed by atoms with Crippen molar-refractivity contribution in [3.63, 3.8) is 0 Å². The summed E-state index contributed by atoms with van der Waals surface area (Å²) in [4.78, 5) is 4.54. The summed E-state index contributed by atoms with van der Waals surface area (Å²) < 4.78 is 13.8. The first-order valence-corrected chi connectivity index (χ1v) is 7.07. The zero-order chi connectivity index (χ0) is 14.8. The number of hydrogen-bond donors (Lipinski definition) is 1. The van der Waals surface area contributed by atoms with Crippen LogP contribution in [0.1, 0.15) is 17.3 Å². The number of benzene rings is 2. The van der Waals surface area contributed by atoms with Crippen LogP contribution in [-0.2, 0) is 6.42 Å². The predicted molar refractivity (Wildman–Crippen MR) is 83.8 cm³/mol. The van der Waals surface area contributed by atoms with Crippen molar-refractivity contribution in [2.45, 2.75) is 12.5 Å². The van der Waals surface area contributed by atoms with Crippen LogP contribution >= 0.6 is 11.6 Å². The minimum atomic E-state index is -0.399. The van der Waals surface area contributed by atoms with Crippen LogP contribution in [0.2, 0.25) is 5.02 Å². The van der Waals surface area contributed by atoms with E-state index in [9.17, 15) is 4.39 Å². The predicted octanol–water partition coefficient (Wildman–Crippen LogP) is 4.27. The number of nitrogens with two attached hydrogens (primary N) is 1. The zero-order valence-electron chi connectivity index (χ0n) is 11.3. The largest absolute Gasteiger partial charge is 0.322 e. The van der Waals surface area contributed by atoms with Crippen LogP contribution in [0.4, 0.5) is 4.39 Å². The van der Waals surface area contributed by atoms with Gasteiger partial charge in [0.1, 0.15) is 5.82 Å². The topological polar surface area (TPSA) is 38.9 Å². The number of para-hydroxylation sites is 1. The van der Waals surface area contributed by atoms with Crippen LogP contribution in [0.5, 0.6) is 0 Å². The molecule has 0 radical (unpaired) electrons. The van der Waals surface area contributed by atoms with E-state index in [1.54, 1.807) is 12.1 Å². The summed E-state index contributed by atoms with van der Waals surface area (Å²) in [5.74, 6) is -0.335. The van der Waals surface area contributed by atoms with E-state index in [0.717, 1.165) is 16.6 Å². The lowest BCUT2D eigenvalue weighted by Gasteiger charge is -2.13. The molecule has 0 aliphatic rings. The normalized spacial score (nSPS) is 12.5. The van der Waals surface area contributed by atoms with E-state index >= 15 is 0 Å². The molecule has 106 valence electrons. The molecule has 0 amide bonds. The Balaban J connectivity index is 1.91. The molecule has 21 heavy (non-hydrogen) atoms. The number of hydrogen-bond acceptors (Lipinski definition) is 2. The molecule has 0 bridgehead atoms. The molecule has 2 aromatic carbocycles. The molecule has 3 aromatic rings. The van der Waals surface area contributed by atoms with Crippen molar-refractivity contribution in [2.24, 2.45) is 5.73 Å². The third-order valence-electron chi connectivity index (χ3n) is 3.49. The van der Waals surface area contributed by atoms with Gasteiger partial charge in [-0.2, -0.15) is 0 Å². The molecule has 3 rings (SSSR count). The van der Waals surface area contributed by atoms with Crippen molar-refractivity contribution in [1.82, 2.24) is 4.98 Å². The van der Waals surface area contributed by atoms with E-state index in [1.807, 2.05) is 36.4 Å². The Morgan fingerprint density at radius 1 is 1.05 bits per heavy atom. The minimum absolute atomic E-state index is 0.316. The van der Waals surface area contributed by atoms with Gasteiger partial charge in [-0.15, -0.1) is 0 Å². The molecular weight excluding hydrogens is 287 g/mol. The number of rotatable bonds is 3. The maximum absolute atomic E-state index is 13.8. The maximum Gasteiger partial charge on any atom is 0.127 e. The Hall–Kier alpha value is -1.97. The van der Waals surface area contributed by atoms with Crippen molar-refractivity contribution in [1.29, 1.82) is 0 Å². The molecule has 0 spiro atoms. The highest BCUT2D eigenvalue weighted by Gasteiger charge is 2.14. The fraction of sp³-hybridized carbons (Fsp3) is 0.118. The SMILES string of the molecule is NC(Cc1c(F)cccc1Cl)c1ccc2ccccc2n1. The molecule has 2 nitrogen and oxygen atoms in total. The second-order valence-electron chi connectivity index (χ2n) is 4.94. The van der Waals surface area contributed by atoms with Gasteiger partial charge >= 0.3 is 0 Å². The van der Waals surface area contributed by atoms with Gasteiger partial charge in [0.05, 0.1) is 17.3 Å². The van der Waals surface area contributed by atoms with E-state index in [1.165, 1.54) is 6.07 Å². The molecule has 1 aromatic heterocycles. The summed E-state index contributed by atoms with van der Waals surface area (Å²) in [6.07, 6.45) is 0.316.